The number of benzene rings is 2. The molecule has 0 heterocycles. The second kappa shape index (κ2) is 8.39. The number of nitrogens with one attached hydrogen (secondary N) is 1. The molecular formula is C18H13BrCl2N2O2. The van der Waals surface area contributed by atoms with Crippen LogP contribution in [0.5, 0.6) is 5.75 Å². The van der Waals surface area contributed by atoms with Crippen LogP contribution in [0.25, 0.3) is 6.08 Å². The molecule has 1 N–H and O–H groups in total. The molecule has 25 heavy (non-hydrogen) atoms. The van der Waals surface area contributed by atoms with Gasteiger partial charge in [-0.25, -0.2) is 0 Å². The van der Waals surface area contributed by atoms with E-state index in [1.165, 1.54) is 13.2 Å². The van der Waals surface area contributed by atoms with Crippen molar-refractivity contribution in [3.63, 3.8) is 0 Å². The van der Waals surface area contributed by atoms with Gasteiger partial charge in [0.1, 0.15) is 17.4 Å². The Bertz CT molecular complexity index is 905. The maximum atomic E-state index is 12.5. The van der Waals surface area contributed by atoms with Crippen molar-refractivity contribution >= 4 is 56.8 Å². The highest BCUT2D eigenvalue weighted by Crippen LogP contribution is 2.33. The van der Waals surface area contributed by atoms with E-state index < -0.39 is 5.91 Å². The Morgan fingerprint density at radius 3 is 2.68 bits per heavy atom. The van der Waals surface area contributed by atoms with Crippen LogP contribution in [0.4, 0.5) is 5.69 Å². The number of hydrogen-bond acceptors (Lipinski definition) is 3. The Kier molecular flexibility index (Phi) is 6.49. The van der Waals surface area contributed by atoms with Crippen molar-refractivity contribution in [2.75, 3.05) is 12.4 Å². The Morgan fingerprint density at radius 1 is 1.32 bits per heavy atom. The molecule has 0 saturated heterocycles. The number of methoxy groups -OCH3 is 1. The van der Waals surface area contributed by atoms with Crippen LogP contribution in [0.2, 0.25) is 10.0 Å². The van der Waals surface area contributed by atoms with Gasteiger partial charge in [0, 0.05) is 20.7 Å². The van der Waals surface area contributed by atoms with E-state index in [0.29, 0.717) is 31.5 Å². The van der Waals surface area contributed by atoms with E-state index in [9.17, 15) is 10.1 Å². The zero-order valence-corrected chi connectivity index (χ0v) is 16.5. The highest BCUT2D eigenvalue weighted by atomic mass is 79.9. The summed E-state index contributed by atoms with van der Waals surface area (Å²) in [6, 6.07) is 10.4. The normalized spacial score (nSPS) is 11.0. The fourth-order valence-electron chi connectivity index (χ4n) is 2.13. The third-order valence-electron chi connectivity index (χ3n) is 3.35. The number of rotatable bonds is 4. The number of nitriles is 1. The Hall–Kier alpha value is -2.00. The lowest BCUT2D eigenvalue weighted by atomic mass is 10.1. The smallest absolute Gasteiger partial charge is 0.266 e. The van der Waals surface area contributed by atoms with Crippen molar-refractivity contribution in [3.8, 4) is 11.8 Å². The number of nitrogens with zero attached hydrogens (tertiary/aromatic N) is 1. The summed E-state index contributed by atoms with van der Waals surface area (Å²) in [5.74, 6) is -0.171. The van der Waals surface area contributed by atoms with Crippen molar-refractivity contribution in [1.29, 1.82) is 5.26 Å². The summed E-state index contributed by atoms with van der Waals surface area (Å²) in [6.07, 6.45) is 1.42. The van der Waals surface area contributed by atoms with Gasteiger partial charge in [0.05, 0.1) is 12.1 Å². The average molecular weight is 440 g/mol. The van der Waals surface area contributed by atoms with Crippen molar-refractivity contribution in [3.05, 3.63) is 61.5 Å². The number of anilines is 1. The standard InChI is InChI=1S/C18H13BrCl2N2O2/c1-10-3-4-14(20)8-16(10)23-18(24)12(9-22)5-11-6-13(19)7-15(21)17(11)25-2/h3-8H,1-2H3,(H,23,24)/b12-5+. The van der Waals surface area contributed by atoms with Crippen LogP contribution in [0.3, 0.4) is 0 Å². The van der Waals surface area contributed by atoms with E-state index >= 15 is 0 Å². The molecule has 0 bridgehead atoms. The summed E-state index contributed by atoms with van der Waals surface area (Å²) < 4.78 is 5.96. The van der Waals surface area contributed by atoms with E-state index in [2.05, 4.69) is 21.2 Å². The van der Waals surface area contributed by atoms with Gasteiger partial charge in [0.15, 0.2) is 0 Å². The molecule has 4 nitrogen and oxygen atoms in total. The van der Waals surface area contributed by atoms with Crippen LogP contribution in [0, 0.1) is 18.3 Å². The maximum absolute atomic E-state index is 12.5. The van der Waals surface area contributed by atoms with Gasteiger partial charge in [0.2, 0.25) is 0 Å². The minimum Gasteiger partial charge on any atom is -0.495 e. The topological polar surface area (TPSA) is 62.1 Å². The van der Waals surface area contributed by atoms with Crippen molar-refractivity contribution in [2.45, 2.75) is 6.92 Å². The quantitative estimate of drug-likeness (QED) is 0.496. The van der Waals surface area contributed by atoms with Crippen LogP contribution >= 0.6 is 39.1 Å². The largest absolute Gasteiger partial charge is 0.495 e. The summed E-state index contributed by atoms with van der Waals surface area (Å²) in [5, 5.41) is 12.9. The molecule has 128 valence electrons. The zero-order chi connectivity index (χ0) is 18.6. The highest BCUT2D eigenvalue weighted by molar-refractivity contribution is 9.10. The predicted octanol–water partition coefficient (Wildman–Crippen LogP) is 5.62. The monoisotopic (exact) mass is 438 g/mol. The van der Waals surface area contributed by atoms with Gasteiger partial charge in [-0.05, 0) is 42.8 Å². The molecule has 0 saturated carbocycles. The lowest BCUT2D eigenvalue weighted by Crippen LogP contribution is -2.14. The summed E-state index contributed by atoms with van der Waals surface area (Å²) in [4.78, 5) is 12.5. The van der Waals surface area contributed by atoms with Gasteiger partial charge in [-0.3, -0.25) is 4.79 Å². The molecule has 0 aromatic heterocycles. The molecule has 7 heteroatoms. The Morgan fingerprint density at radius 2 is 2.04 bits per heavy atom. The van der Waals surface area contributed by atoms with Crippen LogP contribution in [0.1, 0.15) is 11.1 Å². The van der Waals surface area contributed by atoms with Gasteiger partial charge < -0.3 is 10.1 Å². The molecule has 1 amide bonds. The zero-order valence-electron chi connectivity index (χ0n) is 13.4. The van der Waals surface area contributed by atoms with Crippen molar-refractivity contribution in [1.82, 2.24) is 0 Å². The molecule has 0 fully saturated rings. The molecule has 0 aliphatic carbocycles. The molecular weight excluding hydrogens is 427 g/mol. The van der Waals surface area contributed by atoms with Gasteiger partial charge >= 0.3 is 0 Å². The number of halogens is 3. The van der Waals surface area contributed by atoms with Crippen LogP contribution in [0.15, 0.2) is 40.4 Å². The van der Waals surface area contributed by atoms with Crippen molar-refractivity contribution < 1.29 is 9.53 Å². The second-order valence-corrected chi connectivity index (χ2v) is 6.85. The third-order valence-corrected chi connectivity index (χ3v) is 4.33. The maximum Gasteiger partial charge on any atom is 0.266 e. The van der Waals surface area contributed by atoms with Crippen LogP contribution < -0.4 is 10.1 Å². The van der Waals surface area contributed by atoms with Crippen LogP contribution in [-0.2, 0) is 4.79 Å². The number of carbonyl (C=O) groups excluding carboxylic acids is 1. The molecule has 2 aromatic carbocycles. The van der Waals surface area contributed by atoms with Gasteiger partial charge in [-0.1, -0.05) is 45.2 Å². The van der Waals surface area contributed by atoms with E-state index in [0.717, 1.165) is 5.56 Å². The molecule has 0 spiro atoms. The molecule has 2 aromatic rings. The number of hydrogen-bond donors (Lipinski definition) is 1. The number of carbonyl (C=O) groups is 1. The first-order chi connectivity index (χ1) is 11.8. The van der Waals surface area contributed by atoms with Gasteiger partial charge in [0.25, 0.3) is 5.91 Å². The fourth-order valence-corrected chi connectivity index (χ4v) is 3.21. The Labute approximate surface area is 164 Å². The molecule has 0 unspecified atom stereocenters. The number of aryl methyl sites for hydroxylation is 1. The van der Waals surface area contributed by atoms with E-state index in [4.69, 9.17) is 27.9 Å². The summed E-state index contributed by atoms with van der Waals surface area (Å²) in [5.41, 5.74) is 1.79. The third kappa shape index (κ3) is 4.76. The van der Waals surface area contributed by atoms with E-state index in [1.807, 2.05) is 13.0 Å². The minimum absolute atomic E-state index is 0.0909. The fraction of sp³-hybridized carbons (Fsp3) is 0.111. The first-order valence-corrected chi connectivity index (χ1v) is 8.63. The SMILES string of the molecule is COc1c(Cl)cc(Br)cc1/C=C(\C#N)C(=O)Nc1cc(Cl)ccc1C. The van der Waals surface area contributed by atoms with Gasteiger partial charge in [-0.2, -0.15) is 5.26 Å². The second-order valence-electron chi connectivity index (χ2n) is 5.09. The predicted molar refractivity (Wildman–Crippen MR) is 104 cm³/mol. The summed E-state index contributed by atoms with van der Waals surface area (Å²) in [6.45, 7) is 1.83. The molecule has 0 aliphatic rings. The van der Waals surface area contributed by atoms with E-state index in [-0.39, 0.29) is 5.57 Å². The Balaban J connectivity index is 2.40. The summed E-state index contributed by atoms with van der Waals surface area (Å²) >= 11 is 15.4. The summed E-state index contributed by atoms with van der Waals surface area (Å²) in [7, 11) is 1.47. The average Bonchev–Trinajstić information content (AvgIpc) is 2.55. The number of ether oxygens (including phenoxy) is 1. The molecule has 0 atom stereocenters. The van der Waals surface area contributed by atoms with Crippen LogP contribution in [-0.4, -0.2) is 13.0 Å². The highest BCUT2D eigenvalue weighted by Gasteiger charge is 2.14. The molecule has 2 rings (SSSR count). The number of amides is 1. The van der Waals surface area contributed by atoms with Gasteiger partial charge in [-0.15, -0.1) is 0 Å². The molecule has 0 aliphatic heterocycles. The minimum atomic E-state index is -0.550. The first-order valence-electron chi connectivity index (χ1n) is 7.08. The van der Waals surface area contributed by atoms with E-state index in [1.54, 1.807) is 30.3 Å². The molecule has 0 radical (unpaired) electrons. The van der Waals surface area contributed by atoms with Crippen molar-refractivity contribution in [2.24, 2.45) is 0 Å². The lowest BCUT2D eigenvalue weighted by Gasteiger charge is -2.10. The lowest BCUT2D eigenvalue weighted by molar-refractivity contribution is -0.112. The first kappa shape index (κ1) is 19.3.